The molecule has 98 valence electrons. The molecule has 0 heterocycles. The van der Waals surface area contributed by atoms with Crippen LogP contribution in [0.4, 0.5) is 0 Å². The lowest BCUT2D eigenvalue weighted by atomic mass is 10.2. The fraction of sp³-hybridized carbons (Fsp3) is 0.500. The summed E-state index contributed by atoms with van der Waals surface area (Å²) in [6.07, 6.45) is 2.33. The Morgan fingerprint density at radius 3 is 3.00 bits per heavy atom. The van der Waals surface area contributed by atoms with Crippen LogP contribution in [0.2, 0.25) is 5.02 Å². The van der Waals surface area contributed by atoms with Crippen LogP contribution < -0.4 is 10.1 Å². The molecule has 1 aromatic carbocycles. The Labute approximate surface area is 114 Å². The van der Waals surface area contributed by atoms with E-state index < -0.39 is 0 Å². The number of unbranched alkanes of at least 4 members (excludes halogenated alkanes) is 1. The maximum atomic E-state index is 8.47. The predicted molar refractivity (Wildman–Crippen MR) is 73.8 cm³/mol. The molecule has 0 aliphatic carbocycles. The monoisotopic (exact) mass is 266 g/mol. The van der Waals surface area contributed by atoms with Crippen LogP contribution in [0.3, 0.4) is 0 Å². The van der Waals surface area contributed by atoms with Crippen molar-refractivity contribution in [2.75, 3.05) is 13.2 Å². The topological polar surface area (TPSA) is 45.0 Å². The summed E-state index contributed by atoms with van der Waals surface area (Å²) in [6, 6.07) is 7.86. The van der Waals surface area contributed by atoms with Crippen molar-refractivity contribution in [2.45, 2.75) is 32.7 Å². The first-order valence-corrected chi connectivity index (χ1v) is 6.65. The Morgan fingerprint density at radius 1 is 1.44 bits per heavy atom. The molecular weight excluding hydrogens is 248 g/mol. The van der Waals surface area contributed by atoms with Gasteiger partial charge >= 0.3 is 0 Å². The summed E-state index contributed by atoms with van der Waals surface area (Å²) in [4.78, 5) is 0. The van der Waals surface area contributed by atoms with Crippen molar-refractivity contribution in [1.29, 1.82) is 5.26 Å². The Balaban J connectivity index is 2.59. The number of halogens is 1. The number of ether oxygens (including phenoxy) is 1. The largest absolute Gasteiger partial charge is 0.492 e. The van der Waals surface area contributed by atoms with E-state index in [-0.39, 0.29) is 0 Å². The summed E-state index contributed by atoms with van der Waals surface area (Å²) in [5.74, 6) is 0.737. The highest BCUT2D eigenvalue weighted by molar-refractivity contribution is 6.32. The smallest absolute Gasteiger partial charge is 0.142 e. The van der Waals surface area contributed by atoms with Crippen LogP contribution in [-0.2, 0) is 6.54 Å². The fourth-order valence-corrected chi connectivity index (χ4v) is 1.83. The van der Waals surface area contributed by atoms with Gasteiger partial charge in [0.1, 0.15) is 5.75 Å². The second-order valence-corrected chi connectivity index (χ2v) is 4.42. The lowest BCUT2D eigenvalue weighted by molar-refractivity contribution is 0.309. The van der Waals surface area contributed by atoms with Gasteiger partial charge in [0.25, 0.3) is 0 Å². The van der Waals surface area contributed by atoms with Crippen molar-refractivity contribution in [3.8, 4) is 11.8 Å². The van der Waals surface area contributed by atoms with Crippen molar-refractivity contribution in [1.82, 2.24) is 5.32 Å². The number of benzene rings is 1. The first-order chi connectivity index (χ1) is 8.79. The van der Waals surface area contributed by atoms with Crippen LogP contribution in [0.5, 0.6) is 5.75 Å². The van der Waals surface area contributed by atoms with Crippen molar-refractivity contribution in [3.05, 3.63) is 28.8 Å². The maximum Gasteiger partial charge on any atom is 0.142 e. The highest BCUT2D eigenvalue weighted by Crippen LogP contribution is 2.28. The first-order valence-electron chi connectivity index (χ1n) is 6.27. The maximum absolute atomic E-state index is 8.47. The molecule has 0 radical (unpaired) electrons. The van der Waals surface area contributed by atoms with E-state index in [1.807, 2.05) is 18.2 Å². The number of rotatable bonds is 8. The fourth-order valence-electron chi connectivity index (χ4n) is 1.58. The molecule has 0 fully saturated rings. The molecule has 1 rings (SSSR count). The molecule has 0 saturated heterocycles. The summed E-state index contributed by atoms with van der Waals surface area (Å²) < 4.78 is 5.68. The van der Waals surface area contributed by atoms with Gasteiger partial charge in [-0.25, -0.2) is 0 Å². The zero-order valence-electron chi connectivity index (χ0n) is 10.7. The molecule has 0 amide bonds. The van der Waals surface area contributed by atoms with Gasteiger partial charge in [0.05, 0.1) is 17.7 Å². The van der Waals surface area contributed by atoms with Gasteiger partial charge in [-0.15, -0.1) is 0 Å². The Kier molecular flexibility index (Phi) is 7.24. The summed E-state index contributed by atoms with van der Waals surface area (Å²) in [7, 11) is 0. The van der Waals surface area contributed by atoms with Gasteiger partial charge in [-0.05, 0) is 25.5 Å². The van der Waals surface area contributed by atoms with Crippen LogP contribution >= 0.6 is 11.6 Å². The lowest BCUT2D eigenvalue weighted by Crippen LogP contribution is -2.15. The average Bonchev–Trinajstić information content (AvgIpc) is 2.37. The molecule has 1 N–H and O–H groups in total. The summed E-state index contributed by atoms with van der Waals surface area (Å²) in [5.41, 5.74) is 1.06. The molecule has 0 bridgehead atoms. The van der Waals surface area contributed by atoms with Gasteiger partial charge in [0, 0.05) is 18.5 Å². The number of nitrogens with one attached hydrogen (secondary N) is 1. The van der Waals surface area contributed by atoms with Crippen molar-refractivity contribution >= 4 is 11.6 Å². The standard InChI is InChI=1S/C14H19ClN2O/c1-2-9-17-11-12-6-5-7-13(15)14(12)18-10-4-3-8-16/h5-7,17H,2-4,9-11H2,1H3. The molecule has 3 nitrogen and oxygen atoms in total. The third kappa shape index (κ3) is 4.95. The van der Waals surface area contributed by atoms with E-state index >= 15 is 0 Å². The van der Waals surface area contributed by atoms with Crippen LogP contribution in [0, 0.1) is 11.3 Å². The van der Waals surface area contributed by atoms with E-state index in [1.165, 1.54) is 0 Å². The van der Waals surface area contributed by atoms with Gasteiger partial charge in [0.15, 0.2) is 0 Å². The van der Waals surface area contributed by atoms with E-state index in [1.54, 1.807) is 0 Å². The summed E-state index contributed by atoms with van der Waals surface area (Å²) in [5, 5.41) is 12.4. The minimum absolute atomic E-state index is 0.508. The van der Waals surface area contributed by atoms with E-state index in [0.29, 0.717) is 18.1 Å². The predicted octanol–water partition coefficient (Wildman–Crippen LogP) is 3.52. The van der Waals surface area contributed by atoms with E-state index in [0.717, 1.165) is 37.2 Å². The Bertz CT molecular complexity index is 401. The van der Waals surface area contributed by atoms with Gasteiger partial charge < -0.3 is 10.1 Å². The van der Waals surface area contributed by atoms with Crippen molar-refractivity contribution in [3.63, 3.8) is 0 Å². The van der Waals surface area contributed by atoms with E-state index in [9.17, 15) is 0 Å². The third-order valence-electron chi connectivity index (χ3n) is 2.47. The lowest BCUT2D eigenvalue weighted by Gasteiger charge is -2.13. The molecule has 1 aromatic rings. The Morgan fingerprint density at radius 2 is 2.28 bits per heavy atom. The number of hydrogen-bond acceptors (Lipinski definition) is 3. The number of hydrogen-bond donors (Lipinski definition) is 1. The average molecular weight is 267 g/mol. The SMILES string of the molecule is CCCNCc1cccc(Cl)c1OCCCC#N. The van der Waals surface area contributed by atoms with Gasteiger partial charge in [-0.2, -0.15) is 5.26 Å². The molecule has 0 saturated carbocycles. The van der Waals surface area contributed by atoms with Gasteiger partial charge in [-0.3, -0.25) is 0 Å². The molecule has 0 unspecified atom stereocenters. The summed E-state index contributed by atoms with van der Waals surface area (Å²) >= 11 is 6.14. The number of para-hydroxylation sites is 1. The number of nitriles is 1. The second kappa shape index (κ2) is 8.79. The third-order valence-corrected chi connectivity index (χ3v) is 2.77. The molecule has 0 aliphatic rings. The molecular formula is C14H19ClN2O. The van der Waals surface area contributed by atoms with Crippen LogP contribution in [0.1, 0.15) is 31.7 Å². The Hall–Kier alpha value is -1.24. The van der Waals surface area contributed by atoms with Crippen LogP contribution in [0.25, 0.3) is 0 Å². The molecule has 18 heavy (non-hydrogen) atoms. The quantitative estimate of drug-likeness (QED) is 0.732. The number of nitrogens with zero attached hydrogens (tertiary/aromatic N) is 1. The molecule has 4 heteroatoms. The van der Waals surface area contributed by atoms with Crippen molar-refractivity contribution in [2.24, 2.45) is 0 Å². The van der Waals surface area contributed by atoms with Crippen LogP contribution in [0.15, 0.2) is 18.2 Å². The van der Waals surface area contributed by atoms with Crippen LogP contribution in [-0.4, -0.2) is 13.2 Å². The minimum atomic E-state index is 0.508. The molecule has 0 spiro atoms. The zero-order chi connectivity index (χ0) is 13.2. The molecule has 0 aliphatic heterocycles. The molecule has 0 aromatic heterocycles. The minimum Gasteiger partial charge on any atom is -0.492 e. The first kappa shape index (κ1) is 14.8. The van der Waals surface area contributed by atoms with Crippen molar-refractivity contribution < 1.29 is 4.74 Å². The van der Waals surface area contributed by atoms with Gasteiger partial charge in [0.2, 0.25) is 0 Å². The molecule has 0 atom stereocenters. The van der Waals surface area contributed by atoms with Gasteiger partial charge in [-0.1, -0.05) is 30.7 Å². The second-order valence-electron chi connectivity index (χ2n) is 4.01. The van der Waals surface area contributed by atoms with E-state index in [2.05, 4.69) is 18.3 Å². The van der Waals surface area contributed by atoms with E-state index in [4.69, 9.17) is 21.6 Å². The summed E-state index contributed by atoms with van der Waals surface area (Å²) in [6.45, 7) is 4.38. The normalized spacial score (nSPS) is 10.1. The zero-order valence-corrected chi connectivity index (χ0v) is 11.5. The highest BCUT2D eigenvalue weighted by atomic mass is 35.5. The highest BCUT2D eigenvalue weighted by Gasteiger charge is 2.07.